The number of carbonyl (C=O) groups is 1. The molecule has 5 heteroatoms. The Hall–Kier alpha value is -2.53. The number of hydrogen-bond donors (Lipinski definition) is 1. The van der Waals surface area contributed by atoms with Crippen LogP contribution in [0.25, 0.3) is 21.8 Å². The number of nitrogens with zero attached hydrogens (tertiary/aromatic N) is 2. The number of benzene rings is 2. The van der Waals surface area contributed by atoms with Gasteiger partial charge in [0.25, 0.3) is 0 Å². The van der Waals surface area contributed by atoms with Crippen LogP contribution in [0.2, 0.25) is 0 Å². The zero-order chi connectivity index (χ0) is 19.0. The second-order valence-corrected chi connectivity index (χ2v) is 8.43. The van der Waals surface area contributed by atoms with Gasteiger partial charge >= 0.3 is 6.03 Å². The molecule has 2 amide bonds. The molecule has 0 unspecified atom stereocenters. The summed E-state index contributed by atoms with van der Waals surface area (Å²) in [7, 11) is 0. The van der Waals surface area contributed by atoms with Crippen LogP contribution in [0.15, 0.2) is 42.5 Å². The number of fused-ring (bicyclic) bond motifs is 3. The lowest BCUT2D eigenvalue weighted by molar-refractivity contribution is 0.0564. The molecule has 1 fully saturated rings. The van der Waals surface area contributed by atoms with Crippen LogP contribution in [-0.2, 0) is 11.3 Å². The molecule has 3 aromatic rings. The van der Waals surface area contributed by atoms with Crippen molar-refractivity contribution in [1.82, 2.24) is 9.47 Å². The monoisotopic (exact) mass is 365 g/mol. The van der Waals surface area contributed by atoms with E-state index in [0.717, 1.165) is 12.2 Å². The van der Waals surface area contributed by atoms with Crippen molar-refractivity contribution >= 4 is 33.5 Å². The minimum absolute atomic E-state index is 0.0592. The average Bonchev–Trinajstić information content (AvgIpc) is 2.95. The summed E-state index contributed by atoms with van der Waals surface area (Å²) in [6, 6.07) is 14.6. The van der Waals surface area contributed by atoms with Gasteiger partial charge in [-0.1, -0.05) is 39.0 Å². The van der Waals surface area contributed by atoms with E-state index in [-0.39, 0.29) is 11.4 Å². The Balaban J connectivity index is 1.71. The molecule has 2 heterocycles. The highest BCUT2D eigenvalue weighted by atomic mass is 16.5. The molecule has 0 spiro atoms. The standard InChI is InChI=1S/C22H27N3O2/c1-22(2,3)15-25-19-7-5-4-6-17(19)18-14-16(8-9-20(18)25)23-21(26)24-10-12-27-13-11-24/h4-9,14H,10-13,15H2,1-3H3,(H,23,26). The molecule has 0 saturated carbocycles. The first-order valence-electron chi connectivity index (χ1n) is 9.57. The molecular formula is C22H27N3O2. The van der Waals surface area contributed by atoms with E-state index in [9.17, 15) is 4.79 Å². The number of anilines is 1. The van der Waals surface area contributed by atoms with Gasteiger partial charge in [0.2, 0.25) is 0 Å². The summed E-state index contributed by atoms with van der Waals surface area (Å²) in [5.74, 6) is 0. The topological polar surface area (TPSA) is 46.5 Å². The number of carbonyl (C=O) groups excluding carboxylic acids is 1. The Morgan fingerprint density at radius 1 is 1.04 bits per heavy atom. The van der Waals surface area contributed by atoms with E-state index in [2.05, 4.69) is 67.1 Å². The molecule has 27 heavy (non-hydrogen) atoms. The van der Waals surface area contributed by atoms with E-state index in [0.29, 0.717) is 26.3 Å². The third-order valence-corrected chi connectivity index (χ3v) is 4.95. The number of nitrogens with one attached hydrogen (secondary N) is 1. The van der Waals surface area contributed by atoms with Crippen molar-refractivity contribution in [1.29, 1.82) is 0 Å². The van der Waals surface area contributed by atoms with Crippen LogP contribution in [0.5, 0.6) is 0 Å². The minimum Gasteiger partial charge on any atom is -0.378 e. The van der Waals surface area contributed by atoms with Crippen molar-refractivity contribution in [2.45, 2.75) is 27.3 Å². The number of ether oxygens (including phenoxy) is 1. The zero-order valence-corrected chi connectivity index (χ0v) is 16.3. The number of morpholine rings is 1. The Labute approximate surface area is 159 Å². The van der Waals surface area contributed by atoms with E-state index < -0.39 is 0 Å². The molecule has 4 rings (SSSR count). The molecule has 1 aromatic heterocycles. The fourth-order valence-electron chi connectivity index (χ4n) is 3.75. The van der Waals surface area contributed by atoms with E-state index in [4.69, 9.17) is 4.74 Å². The SMILES string of the molecule is CC(C)(C)Cn1c2ccccc2c2cc(NC(=O)N3CCOCC3)ccc21. The maximum absolute atomic E-state index is 12.5. The maximum atomic E-state index is 12.5. The van der Waals surface area contributed by atoms with Gasteiger partial charge in [0.05, 0.1) is 13.2 Å². The molecular weight excluding hydrogens is 338 g/mol. The fourth-order valence-corrected chi connectivity index (χ4v) is 3.75. The summed E-state index contributed by atoms with van der Waals surface area (Å²) in [4.78, 5) is 14.3. The van der Waals surface area contributed by atoms with Crippen LogP contribution < -0.4 is 5.32 Å². The second kappa shape index (κ2) is 6.89. The van der Waals surface area contributed by atoms with E-state index in [1.165, 1.54) is 21.8 Å². The minimum atomic E-state index is -0.0592. The summed E-state index contributed by atoms with van der Waals surface area (Å²) in [6.45, 7) is 10.2. The van der Waals surface area contributed by atoms with Crippen LogP contribution in [-0.4, -0.2) is 41.8 Å². The largest absolute Gasteiger partial charge is 0.378 e. The first kappa shape index (κ1) is 17.9. The highest BCUT2D eigenvalue weighted by molar-refractivity contribution is 6.09. The normalized spacial score (nSPS) is 15.4. The van der Waals surface area contributed by atoms with Crippen molar-refractivity contribution in [3.63, 3.8) is 0 Å². The van der Waals surface area contributed by atoms with Gasteiger partial charge < -0.3 is 19.5 Å². The smallest absolute Gasteiger partial charge is 0.321 e. The lowest BCUT2D eigenvalue weighted by atomic mass is 9.97. The van der Waals surface area contributed by atoms with E-state index in [1.807, 2.05) is 6.07 Å². The van der Waals surface area contributed by atoms with Crippen LogP contribution >= 0.6 is 0 Å². The fraction of sp³-hybridized carbons (Fsp3) is 0.409. The molecule has 1 N–H and O–H groups in total. The van der Waals surface area contributed by atoms with Gasteiger partial charge in [0.15, 0.2) is 0 Å². The highest BCUT2D eigenvalue weighted by Crippen LogP contribution is 2.33. The molecule has 1 aliphatic rings. The number of amides is 2. The Morgan fingerprint density at radius 2 is 1.74 bits per heavy atom. The first-order valence-corrected chi connectivity index (χ1v) is 9.57. The third-order valence-electron chi connectivity index (χ3n) is 4.95. The molecule has 0 bridgehead atoms. The zero-order valence-electron chi connectivity index (χ0n) is 16.3. The van der Waals surface area contributed by atoms with Gasteiger partial charge in [-0.15, -0.1) is 0 Å². The molecule has 0 aliphatic carbocycles. The number of rotatable bonds is 2. The van der Waals surface area contributed by atoms with Crippen LogP contribution in [0, 0.1) is 5.41 Å². The molecule has 0 radical (unpaired) electrons. The lowest BCUT2D eigenvalue weighted by Gasteiger charge is -2.27. The van der Waals surface area contributed by atoms with Crippen molar-refractivity contribution in [2.75, 3.05) is 31.6 Å². The van der Waals surface area contributed by atoms with Gasteiger partial charge in [-0.2, -0.15) is 0 Å². The van der Waals surface area contributed by atoms with Gasteiger partial charge in [0.1, 0.15) is 0 Å². The van der Waals surface area contributed by atoms with Crippen molar-refractivity contribution in [3.05, 3.63) is 42.5 Å². The summed E-state index contributed by atoms with van der Waals surface area (Å²) in [5.41, 5.74) is 3.45. The number of para-hydroxylation sites is 1. The van der Waals surface area contributed by atoms with Crippen molar-refractivity contribution in [2.24, 2.45) is 5.41 Å². The lowest BCUT2D eigenvalue weighted by Crippen LogP contribution is -2.43. The van der Waals surface area contributed by atoms with Crippen LogP contribution in [0.1, 0.15) is 20.8 Å². The molecule has 1 aliphatic heterocycles. The Bertz CT molecular complexity index is 978. The highest BCUT2D eigenvalue weighted by Gasteiger charge is 2.19. The van der Waals surface area contributed by atoms with Gasteiger partial charge in [-0.3, -0.25) is 0 Å². The molecule has 5 nitrogen and oxygen atoms in total. The quantitative estimate of drug-likeness (QED) is 0.715. The number of aromatic nitrogens is 1. The second-order valence-electron chi connectivity index (χ2n) is 8.43. The number of hydrogen-bond acceptors (Lipinski definition) is 2. The summed E-state index contributed by atoms with van der Waals surface area (Å²) in [5, 5.41) is 5.45. The van der Waals surface area contributed by atoms with Gasteiger partial charge in [-0.25, -0.2) is 4.79 Å². The van der Waals surface area contributed by atoms with E-state index in [1.54, 1.807) is 4.90 Å². The van der Waals surface area contributed by atoms with Crippen molar-refractivity contribution in [3.8, 4) is 0 Å². The molecule has 142 valence electrons. The van der Waals surface area contributed by atoms with E-state index >= 15 is 0 Å². The summed E-state index contributed by atoms with van der Waals surface area (Å²) < 4.78 is 7.71. The van der Waals surface area contributed by atoms with Crippen LogP contribution in [0.3, 0.4) is 0 Å². The van der Waals surface area contributed by atoms with Gasteiger partial charge in [0, 0.05) is 47.1 Å². The maximum Gasteiger partial charge on any atom is 0.321 e. The average molecular weight is 365 g/mol. The first-order chi connectivity index (χ1) is 12.9. The molecule has 2 aromatic carbocycles. The van der Waals surface area contributed by atoms with Crippen LogP contribution in [0.4, 0.5) is 10.5 Å². The summed E-state index contributed by atoms with van der Waals surface area (Å²) >= 11 is 0. The predicted molar refractivity (Wildman–Crippen MR) is 110 cm³/mol. The Kier molecular flexibility index (Phi) is 4.56. The third kappa shape index (κ3) is 3.65. The number of urea groups is 1. The molecule has 1 saturated heterocycles. The predicted octanol–water partition coefficient (Wildman–Crippen LogP) is 4.70. The van der Waals surface area contributed by atoms with Crippen molar-refractivity contribution < 1.29 is 9.53 Å². The molecule has 0 atom stereocenters. The summed E-state index contributed by atoms with van der Waals surface area (Å²) in [6.07, 6.45) is 0. The van der Waals surface area contributed by atoms with Gasteiger partial charge in [-0.05, 0) is 29.7 Å². The Morgan fingerprint density at radius 3 is 2.48 bits per heavy atom.